The summed E-state index contributed by atoms with van der Waals surface area (Å²) in [4.78, 5) is 14.2. The van der Waals surface area contributed by atoms with E-state index in [-0.39, 0.29) is 17.8 Å². The van der Waals surface area contributed by atoms with Gasteiger partial charge in [-0.1, -0.05) is 5.21 Å². The van der Waals surface area contributed by atoms with Crippen molar-refractivity contribution in [2.75, 3.05) is 13.1 Å². The molecule has 0 saturated carbocycles. The van der Waals surface area contributed by atoms with Gasteiger partial charge in [-0.2, -0.15) is 18.3 Å². The van der Waals surface area contributed by atoms with E-state index >= 15 is 0 Å². The molecule has 4 heterocycles. The zero-order valence-corrected chi connectivity index (χ0v) is 13.3. The van der Waals surface area contributed by atoms with Crippen LogP contribution in [0.5, 0.6) is 0 Å². The number of carbonyl (C=O) groups is 1. The van der Waals surface area contributed by atoms with Crippen LogP contribution in [0, 0.1) is 0 Å². The van der Waals surface area contributed by atoms with Crippen LogP contribution in [0.25, 0.3) is 0 Å². The molecule has 0 N–H and O–H groups in total. The monoisotopic (exact) mass is 356 g/mol. The van der Waals surface area contributed by atoms with Crippen LogP contribution >= 0.6 is 0 Å². The summed E-state index contributed by atoms with van der Waals surface area (Å²) in [5.41, 5.74) is -0.357. The van der Waals surface area contributed by atoms with Crippen molar-refractivity contribution in [2.45, 2.75) is 31.3 Å². The number of aryl methyl sites for hydroxylation is 1. The summed E-state index contributed by atoms with van der Waals surface area (Å²) in [6.45, 7) is 1.11. The minimum atomic E-state index is -4.59. The topological polar surface area (TPSA) is 78.1 Å². The highest BCUT2D eigenvalue weighted by atomic mass is 19.4. The molecule has 0 aliphatic carbocycles. The van der Waals surface area contributed by atoms with Gasteiger partial charge in [0.2, 0.25) is 0 Å². The van der Waals surface area contributed by atoms with Crippen LogP contribution in [-0.4, -0.2) is 54.8 Å². The number of halogens is 3. The van der Waals surface area contributed by atoms with Gasteiger partial charge < -0.3 is 9.64 Å². The van der Waals surface area contributed by atoms with Gasteiger partial charge in [-0.15, -0.1) is 5.10 Å². The summed E-state index contributed by atoms with van der Waals surface area (Å²) in [7, 11) is 1.33. The Hall–Kier alpha value is -2.43. The van der Waals surface area contributed by atoms with E-state index in [9.17, 15) is 18.0 Å². The van der Waals surface area contributed by atoms with E-state index < -0.39 is 17.8 Å². The third-order valence-corrected chi connectivity index (χ3v) is 4.61. The third-order valence-electron chi connectivity index (χ3n) is 4.61. The highest BCUT2D eigenvalue weighted by Gasteiger charge is 2.40. The average Bonchev–Trinajstić information content (AvgIpc) is 3.19. The first-order valence-electron chi connectivity index (χ1n) is 7.76. The molecule has 2 aromatic heterocycles. The van der Waals surface area contributed by atoms with Crippen molar-refractivity contribution in [3.05, 3.63) is 29.3 Å². The van der Waals surface area contributed by atoms with E-state index in [2.05, 4.69) is 15.4 Å². The first kappa shape index (κ1) is 16.1. The number of amides is 1. The van der Waals surface area contributed by atoms with Gasteiger partial charge in [-0.3, -0.25) is 9.48 Å². The fourth-order valence-corrected chi connectivity index (χ4v) is 3.33. The number of nitrogens with zero attached hydrogens (tertiary/aromatic N) is 6. The number of carbonyl (C=O) groups excluding carboxylic acids is 1. The van der Waals surface area contributed by atoms with Crippen LogP contribution in [-0.2, 0) is 24.6 Å². The number of piperidine rings is 1. The number of aromatic nitrogens is 5. The minimum absolute atomic E-state index is 0.0875. The molecule has 1 amide bonds. The molecular weight excluding hydrogens is 341 g/mol. The van der Waals surface area contributed by atoms with Crippen LogP contribution in [0.4, 0.5) is 13.2 Å². The molecule has 8 nitrogen and oxygen atoms in total. The van der Waals surface area contributed by atoms with Gasteiger partial charge in [0, 0.05) is 26.2 Å². The van der Waals surface area contributed by atoms with Gasteiger partial charge in [0.1, 0.15) is 5.69 Å². The van der Waals surface area contributed by atoms with Gasteiger partial charge in [-0.25, -0.2) is 4.68 Å². The van der Waals surface area contributed by atoms with E-state index in [4.69, 9.17) is 4.74 Å². The summed E-state index contributed by atoms with van der Waals surface area (Å²) in [5.74, 6) is -0.490. The standard InChI is InChI=1S/C14H15F3N6O2/c1-21-9(4-12(19-21)14(15,16)17)13(24)22-3-2-11-10(6-22)23-8(7-25-11)5-18-20-23/h4-5,10-11H,2-3,6-7H2,1H3/t10-,11-/m0/s1. The molecule has 4 rings (SSSR count). The molecule has 0 aromatic carbocycles. The van der Waals surface area contributed by atoms with Crippen LogP contribution in [0.3, 0.4) is 0 Å². The molecule has 1 saturated heterocycles. The number of ether oxygens (including phenoxy) is 1. The Balaban J connectivity index is 1.58. The van der Waals surface area contributed by atoms with Crippen molar-refractivity contribution in [1.29, 1.82) is 0 Å². The van der Waals surface area contributed by atoms with E-state index in [1.54, 1.807) is 10.9 Å². The Labute approximate surface area is 140 Å². The van der Waals surface area contributed by atoms with Crippen molar-refractivity contribution in [3.63, 3.8) is 0 Å². The minimum Gasteiger partial charge on any atom is -0.370 e. The van der Waals surface area contributed by atoms with Crippen molar-refractivity contribution in [2.24, 2.45) is 7.05 Å². The molecule has 0 spiro atoms. The Bertz CT molecular complexity index is 814. The lowest BCUT2D eigenvalue weighted by molar-refractivity contribution is -0.141. The van der Waals surface area contributed by atoms with Crippen molar-refractivity contribution >= 4 is 5.91 Å². The molecular formula is C14H15F3N6O2. The maximum Gasteiger partial charge on any atom is 0.435 e. The molecule has 2 aromatic rings. The Kier molecular flexibility index (Phi) is 3.56. The molecule has 11 heteroatoms. The number of hydrogen-bond acceptors (Lipinski definition) is 5. The lowest BCUT2D eigenvalue weighted by Gasteiger charge is -2.40. The lowest BCUT2D eigenvalue weighted by atomic mass is 10.00. The first-order chi connectivity index (χ1) is 11.8. The van der Waals surface area contributed by atoms with E-state index in [1.165, 1.54) is 11.9 Å². The molecule has 1 fully saturated rings. The lowest BCUT2D eigenvalue weighted by Crippen LogP contribution is -2.50. The average molecular weight is 356 g/mol. The molecule has 0 unspecified atom stereocenters. The Morgan fingerprint density at radius 2 is 2.20 bits per heavy atom. The van der Waals surface area contributed by atoms with Gasteiger partial charge >= 0.3 is 6.18 Å². The van der Waals surface area contributed by atoms with Gasteiger partial charge in [-0.05, 0) is 6.42 Å². The normalized spacial score (nSPS) is 23.3. The maximum atomic E-state index is 12.8. The summed E-state index contributed by atoms with van der Waals surface area (Å²) < 4.78 is 46.9. The summed E-state index contributed by atoms with van der Waals surface area (Å²) in [6.07, 6.45) is -2.49. The molecule has 134 valence electrons. The van der Waals surface area contributed by atoms with Gasteiger partial charge in [0.05, 0.1) is 30.6 Å². The van der Waals surface area contributed by atoms with E-state index in [0.29, 0.717) is 26.1 Å². The van der Waals surface area contributed by atoms with Crippen molar-refractivity contribution in [1.82, 2.24) is 29.7 Å². The number of rotatable bonds is 1. The number of hydrogen-bond donors (Lipinski definition) is 0. The third kappa shape index (κ3) is 2.68. The van der Waals surface area contributed by atoms with Crippen LogP contribution < -0.4 is 0 Å². The highest BCUT2D eigenvalue weighted by Crippen LogP contribution is 2.32. The Morgan fingerprint density at radius 1 is 1.40 bits per heavy atom. The van der Waals surface area contributed by atoms with Crippen LogP contribution in [0.2, 0.25) is 0 Å². The van der Waals surface area contributed by atoms with Crippen molar-refractivity contribution in [3.8, 4) is 0 Å². The Morgan fingerprint density at radius 3 is 2.92 bits per heavy atom. The largest absolute Gasteiger partial charge is 0.435 e. The molecule has 2 atom stereocenters. The summed E-state index contributed by atoms with van der Waals surface area (Å²) in [6, 6.07) is 0.589. The van der Waals surface area contributed by atoms with Crippen LogP contribution in [0.1, 0.15) is 34.3 Å². The quantitative estimate of drug-likeness (QED) is 0.762. The number of likely N-dealkylation sites (tertiary alicyclic amines) is 1. The predicted molar refractivity (Wildman–Crippen MR) is 76.4 cm³/mol. The second-order valence-electron chi connectivity index (χ2n) is 6.16. The molecule has 25 heavy (non-hydrogen) atoms. The maximum absolute atomic E-state index is 12.8. The van der Waals surface area contributed by atoms with Gasteiger partial charge in [0.25, 0.3) is 5.91 Å². The second-order valence-corrected chi connectivity index (χ2v) is 6.16. The molecule has 0 radical (unpaired) electrons. The number of alkyl halides is 3. The summed E-state index contributed by atoms with van der Waals surface area (Å²) in [5, 5.41) is 11.3. The second kappa shape index (κ2) is 5.55. The predicted octanol–water partition coefficient (Wildman–Crippen LogP) is 1.02. The highest BCUT2D eigenvalue weighted by molar-refractivity contribution is 5.92. The molecule has 0 bridgehead atoms. The zero-order valence-electron chi connectivity index (χ0n) is 13.3. The van der Waals surface area contributed by atoms with E-state index in [0.717, 1.165) is 16.4 Å². The van der Waals surface area contributed by atoms with Crippen LogP contribution in [0.15, 0.2) is 12.3 Å². The molecule has 2 aliphatic heterocycles. The fraction of sp³-hybridized carbons (Fsp3) is 0.571. The number of fused-ring (bicyclic) bond motifs is 3. The van der Waals surface area contributed by atoms with Crippen molar-refractivity contribution < 1.29 is 22.7 Å². The first-order valence-corrected chi connectivity index (χ1v) is 7.76. The molecule has 2 aliphatic rings. The van der Waals surface area contributed by atoms with E-state index in [1.807, 2.05) is 0 Å². The zero-order chi connectivity index (χ0) is 17.8. The fourth-order valence-electron chi connectivity index (χ4n) is 3.33. The summed E-state index contributed by atoms with van der Waals surface area (Å²) >= 11 is 0. The smallest absolute Gasteiger partial charge is 0.370 e. The SMILES string of the molecule is Cn1nc(C(F)(F)F)cc1C(=O)N1CC[C@@H]2OCc3cnnn3[C@H]2C1. The van der Waals surface area contributed by atoms with Gasteiger partial charge in [0.15, 0.2) is 5.69 Å².